The van der Waals surface area contributed by atoms with E-state index in [-0.39, 0.29) is 29.3 Å². The van der Waals surface area contributed by atoms with Crippen LogP contribution in [0.1, 0.15) is 211 Å². The number of para-hydroxylation sites is 1. The highest BCUT2D eigenvalue weighted by Crippen LogP contribution is 2.41. The number of methoxy groups -OCH3 is 2. The Hall–Kier alpha value is -7.62. The second kappa shape index (κ2) is 41.1. The minimum Gasteiger partial charge on any atom is -0.491 e. The van der Waals surface area contributed by atoms with Gasteiger partial charge in [0.2, 0.25) is 0 Å². The fourth-order valence-electron chi connectivity index (χ4n) is 16.5. The summed E-state index contributed by atoms with van der Waals surface area (Å²) in [5, 5.41) is 20.3. The number of pyridine rings is 3. The predicted octanol–water partition coefficient (Wildman–Crippen LogP) is 15.9. The topological polar surface area (TPSA) is 202 Å². The second-order valence-corrected chi connectivity index (χ2v) is 30.4. The van der Waals surface area contributed by atoms with Crippen molar-refractivity contribution in [3.05, 3.63) is 159 Å². The summed E-state index contributed by atoms with van der Waals surface area (Å²) in [5.74, 6) is 5.40. The minimum absolute atomic E-state index is 0.0184. The maximum absolute atomic E-state index is 14.1. The van der Waals surface area contributed by atoms with E-state index in [1.54, 1.807) is 40.2 Å². The monoisotopic (exact) mass is 1460 g/mol. The summed E-state index contributed by atoms with van der Waals surface area (Å²) in [5.41, 5.74) is 9.61. The van der Waals surface area contributed by atoms with Gasteiger partial charge in [0.05, 0.1) is 31.4 Å². The molecule has 1 saturated carbocycles. The van der Waals surface area contributed by atoms with Crippen LogP contribution < -0.4 is 30.2 Å². The first-order valence-electron chi connectivity index (χ1n) is 40.0. The van der Waals surface area contributed by atoms with Gasteiger partial charge in [0.15, 0.2) is 11.6 Å². The molecule has 18 nitrogen and oxygen atoms in total. The maximum Gasteiger partial charge on any atom is 0.325 e. The van der Waals surface area contributed by atoms with Crippen molar-refractivity contribution < 1.29 is 52.0 Å². The van der Waals surface area contributed by atoms with E-state index in [1.807, 2.05) is 24.3 Å². The van der Waals surface area contributed by atoms with Crippen molar-refractivity contribution in [3.63, 3.8) is 0 Å². The molecule has 6 aromatic rings. The number of carboxylic acid groups (broad SMARTS) is 1. The van der Waals surface area contributed by atoms with Gasteiger partial charge in [-0.15, -0.1) is 0 Å². The molecular formula is C86H117F2N9O9. The molecule has 3 saturated heterocycles. The second-order valence-electron chi connectivity index (χ2n) is 30.4. The summed E-state index contributed by atoms with van der Waals surface area (Å²) >= 11 is 0. The van der Waals surface area contributed by atoms with E-state index >= 15 is 0 Å². The van der Waals surface area contributed by atoms with E-state index in [9.17, 15) is 28.3 Å². The number of hydrogen-bond donors (Lipinski definition) is 4. The summed E-state index contributed by atoms with van der Waals surface area (Å²) in [6.45, 7) is 13.0. The standard InChI is InChI=1S/C29H40FN3O3.C29H38FN3O2.C28H39N3O4/c1-21(34)28(26-19-24(30)11-13-27(26)36-18-17-35-2)33-16-14-22(20-33)7-4-3-5-9-25-12-10-23-8-6-15-31-29(23)32-25;1-20(34)28(26-18-23(30)10-14-27(26)35-25-12-13-25)33-17-15-21(19-33)6-3-2-4-8-24-11-9-22-7-5-16-31-29(22)32-24;1-34-18-19-35-25-12-6-5-11-24(25)26(28(32)33)31-17-15-21(20-31)8-3-2-4-10-23-14-13-22-9-7-16-29-27(22)30-23/h10-13,19,22,28H,3-9,14-18,20H2,1-2H3,(H,31,32);9-11,14,18,21,25,28H,2-8,12-13,15-17,19H2,1H3,(H,31,32);5-6,11-14,21,26H,2-4,7-10,15-20H2,1H3,(H,29,30)(H,32,33)/t22-,28?;21-,28?;21-,26+/m111/s1. The Morgan fingerprint density at radius 2 is 0.868 bits per heavy atom. The number of hydrogen-bond acceptors (Lipinski definition) is 17. The fraction of sp³-hybridized carbons (Fsp3) is 0.581. The lowest BCUT2D eigenvalue weighted by atomic mass is 9.98. The molecule has 3 aromatic heterocycles. The number of anilines is 3. The van der Waals surface area contributed by atoms with Crippen LogP contribution in [0, 0.1) is 29.4 Å². The van der Waals surface area contributed by atoms with Crippen LogP contribution in [0.5, 0.6) is 17.2 Å². The number of aromatic nitrogens is 3. The molecule has 574 valence electrons. The van der Waals surface area contributed by atoms with Crippen LogP contribution in [0.25, 0.3) is 0 Å². The molecule has 3 aromatic carbocycles. The number of aryl methyl sites for hydroxylation is 6. The molecule has 6 aliphatic heterocycles. The van der Waals surface area contributed by atoms with Crippen LogP contribution in [-0.2, 0) is 62.4 Å². The Labute approximate surface area is 628 Å². The molecule has 13 rings (SSSR count). The summed E-state index contributed by atoms with van der Waals surface area (Å²) in [4.78, 5) is 58.6. The number of carbonyl (C=O) groups excluding carboxylic acids is 2. The lowest BCUT2D eigenvalue weighted by Gasteiger charge is -2.28. The number of Topliss-reactive ketones (excluding diaryl/α,β-unsaturated/α-hetero) is 2. The smallest absolute Gasteiger partial charge is 0.325 e. The van der Waals surface area contributed by atoms with Gasteiger partial charge >= 0.3 is 5.97 Å². The van der Waals surface area contributed by atoms with E-state index in [1.165, 1.54) is 122 Å². The zero-order valence-electron chi connectivity index (χ0n) is 63.5. The molecule has 0 spiro atoms. The Bertz CT molecular complexity index is 3780. The van der Waals surface area contributed by atoms with Gasteiger partial charge < -0.3 is 44.7 Å². The van der Waals surface area contributed by atoms with E-state index < -0.39 is 24.1 Å². The van der Waals surface area contributed by atoms with Crippen LogP contribution >= 0.6 is 0 Å². The number of rotatable bonds is 37. The molecule has 9 heterocycles. The number of aliphatic carboxylic acids is 1. The van der Waals surface area contributed by atoms with Gasteiger partial charge in [-0.2, -0.15) is 0 Å². The Balaban J connectivity index is 0.000000159. The van der Waals surface area contributed by atoms with Crippen molar-refractivity contribution in [1.82, 2.24) is 29.7 Å². The Morgan fingerprint density at radius 1 is 0.472 bits per heavy atom. The number of halogens is 2. The lowest BCUT2D eigenvalue weighted by molar-refractivity contribution is -0.143. The Morgan fingerprint density at radius 3 is 1.27 bits per heavy atom. The highest BCUT2D eigenvalue weighted by molar-refractivity contribution is 5.84. The minimum atomic E-state index is -0.819. The number of fused-ring (bicyclic) bond motifs is 3. The third-order valence-corrected chi connectivity index (χ3v) is 22.2. The predicted molar refractivity (Wildman–Crippen MR) is 414 cm³/mol. The Kier molecular flexibility index (Phi) is 30.8. The number of ketones is 2. The quantitative estimate of drug-likeness (QED) is 0.0268. The summed E-state index contributed by atoms with van der Waals surface area (Å²) in [7, 11) is 3.24. The summed E-state index contributed by atoms with van der Waals surface area (Å²) in [6, 6.07) is 28.2. The first-order chi connectivity index (χ1) is 51.8. The molecule has 0 amide bonds. The van der Waals surface area contributed by atoms with Crippen molar-refractivity contribution >= 4 is 35.0 Å². The van der Waals surface area contributed by atoms with E-state index in [0.717, 1.165) is 185 Å². The van der Waals surface area contributed by atoms with Gasteiger partial charge in [0.25, 0.3) is 0 Å². The summed E-state index contributed by atoms with van der Waals surface area (Å²) in [6.07, 6.45) is 29.5. The van der Waals surface area contributed by atoms with Gasteiger partial charge in [0.1, 0.15) is 65.6 Å². The molecule has 0 radical (unpaired) electrons. The molecule has 106 heavy (non-hydrogen) atoms. The molecule has 6 atom stereocenters. The third-order valence-electron chi connectivity index (χ3n) is 22.2. The van der Waals surface area contributed by atoms with Gasteiger partial charge in [-0.25, -0.2) is 23.7 Å². The van der Waals surface area contributed by atoms with Crippen LogP contribution in [0.15, 0.2) is 97.1 Å². The maximum atomic E-state index is 14.1. The average molecular weight is 1460 g/mol. The highest BCUT2D eigenvalue weighted by atomic mass is 19.1. The van der Waals surface area contributed by atoms with E-state index in [4.69, 9.17) is 38.6 Å². The van der Waals surface area contributed by atoms with Gasteiger partial charge in [0, 0.05) is 87.3 Å². The van der Waals surface area contributed by atoms with Crippen LogP contribution in [0.2, 0.25) is 0 Å². The number of ether oxygens (including phenoxy) is 5. The molecule has 4 fully saturated rings. The van der Waals surface area contributed by atoms with Gasteiger partial charge in [-0.3, -0.25) is 29.1 Å². The van der Waals surface area contributed by atoms with Gasteiger partial charge in [-0.1, -0.05) is 74.9 Å². The normalized spacial score (nSPS) is 19.3. The van der Waals surface area contributed by atoms with Crippen LogP contribution in [0.4, 0.5) is 26.2 Å². The van der Waals surface area contributed by atoms with Crippen molar-refractivity contribution in [2.75, 3.05) is 116 Å². The molecule has 4 N–H and O–H groups in total. The molecule has 20 heteroatoms. The van der Waals surface area contributed by atoms with E-state index in [2.05, 4.69) is 67.0 Å². The number of likely N-dealkylation sites (tertiary alicyclic amines) is 3. The number of benzene rings is 3. The first kappa shape index (κ1) is 79.4. The fourth-order valence-corrected chi connectivity index (χ4v) is 16.5. The zero-order valence-corrected chi connectivity index (χ0v) is 63.5. The van der Waals surface area contributed by atoms with Crippen molar-refractivity contribution in [3.8, 4) is 17.2 Å². The first-order valence-corrected chi connectivity index (χ1v) is 40.0. The van der Waals surface area contributed by atoms with Crippen molar-refractivity contribution in [2.24, 2.45) is 17.8 Å². The van der Waals surface area contributed by atoms with Crippen molar-refractivity contribution in [2.45, 2.75) is 205 Å². The molecule has 1 aliphatic carbocycles. The van der Waals surface area contributed by atoms with Gasteiger partial charge in [-0.05, 0) is 257 Å². The SMILES string of the molecule is CC(=O)C(c1cc(F)ccc1OC1CC1)N1CC[C@@H](CCCCCc2ccc3c(n2)NCCC3)C1.COCCOc1ccc(F)cc1C(C(C)=O)N1CC[C@@H](CCCCCc2ccc3c(n2)NCCC3)C1.COCCOc1ccccc1[C@@H](C(=O)O)N1CC[C@@H](CCCCCc2ccc3c(n2)NCCC3)C1. The summed E-state index contributed by atoms with van der Waals surface area (Å²) < 4.78 is 56.1. The largest absolute Gasteiger partial charge is 0.491 e. The number of carboxylic acids is 1. The molecule has 7 aliphatic rings. The molecule has 2 unspecified atom stereocenters. The van der Waals surface area contributed by atoms with Crippen LogP contribution in [0.3, 0.4) is 0 Å². The number of nitrogens with one attached hydrogen (secondary N) is 3. The lowest BCUT2D eigenvalue weighted by Crippen LogP contribution is -2.33. The van der Waals surface area contributed by atoms with Crippen LogP contribution in [-0.4, -0.2) is 158 Å². The van der Waals surface area contributed by atoms with E-state index in [0.29, 0.717) is 72.6 Å². The van der Waals surface area contributed by atoms with Crippen molar-refractivity contribution in [1.29, 1.82) is 0 Å². The molecular weight excluding hydrogens is 1340 g/mol. The number of unbranched alkanes of at least 4 members (excludes halogenated alkanes) is 6. The number of carbonyl (C=O) groups is 3. The number of nitrogens with zero attached hydrogens (tertiary/aromatic N) is 6. The molecule has 0 bridgehead atoms. The average Bonchev–Trinajstić information content (AvgIpc) is 1.51. The highest BCUT2D eigenvalue weighted by Gasteiger charge is 2.38. The third kappa shape index (κ3) is 23.4. The zero-order chi connectivity index (χ0) is 74.0.